The van der Waals surface area contributed by atoms with Crippen LogP contribution in [0, 0.1) is 20.8 Å². The van der Waals surface area contributed by atoms with Crippen molar-refractivity contribution >= 4 is 28.7 Å². The highest BCUT2D eigenvalue weighted by Crippen LogP contribution is 2.44. The van der Waals surface area contributed by atoms with E-state index in [0.717, 1.165) is 17.1 Å². The highest BCUT2D eigenvalue weighted by molar-refractivity contribution is 7.80. The number of hydrogen-bond acceptors (Lipinski definition) is 3. The Bertz CT molecular complexity index is 1340. The highest BCUT2D eigenvalue weighted by atomic mass is 32.1. The Kier molecular flexibility index (Phi) is 6.07. The van der Waals surface area contributed by atoms with E-state index < -0.39 is 0 Å². The standard InChI is InChI=1S/C29H31N5S/c1-19-9-11-23(12-10-19)33-20(2)18-25(21(33)3)28-27(26-8-6-7-17-30-26)31-29(35)34(28)24-15-13-22(14-16-24)32(4)5/h6-18,27-28H,1-5H3,(H,31,35)/t27-,28-/m1/s1. The van der Waals surface area contributed by atoms with Crippen LogP contribution in [0.2, 0.25) is 0 Å². The van der Waals surface area contributed by atoms with E-state index in [0.29, 0.717) is 5.11 Å². The maximum atomic E-state index is 5.92. The minimum absolute atomic E-state index is 0.0343. The molecule has 1 aliphatic heterocycles. The summed E-state index contributed by atoms with van der Waals surface area (Å²) in [5, 5.41) is 4.29. The van der Waals surface area contributed by atoms with Crippen LogP contribution in [0.4, 0.5) is 11.4 Å². The summed E-state index contributed by atoms with van der Waals surface area (Å²) in [7, 11) is 4.10. The number of pyridine rings is 1. The Balaban J connectivity index is 1.65. The zero-order valence-corrected chi connectivity index (χ0v) is 21.7. The lowest BCUT2D eigenvalue weighted by atomic mass is 9.96. The van der Waals surface area contributed by atoms with E-state index in [1.165, 1.54) is 28.2 Å². The van der Waals surface area contributed by atoms with E-state index in [9.17, 15) is 0 Å². The Hall–Kier alpha value is -3.64. The van der Waals surface area contributed by atoms with Gasteiger partial charge in [-0.1, -0.05) is 23.8 Å². The molecule has 2 aromatic carbocycles. The number of thiocarbonyl (C=S) groups is 1. The van der Waals surface area contributed by atoms with Gasteiger partial charge >= 0.3 is 0 Å². The topological polar surface area (TPSA) is 36.3 Å². The molecule has 0 unspecified atom stereocenters. The van der Waals surface area contributed by atoms with Gasteiger partial charge in [-0.15, -0.1) is 0 Å². The predicted molar refractivity (Wildman–Crippen MR) is 149 cm³/mol. The predicted octanol–water partition coefficient (Wildman–Crippen LogP) is 6.04. The van der Waals surface area contributed by atoms with Crippen LogP contribution in [0.15, 0.2) is 79.0 Å². The quantitative estimate of drug-likeness (QED) is 0.352. The average molecular weight is 482 g/mol. The Labute approximate surface area is 213 Å². The van der Waals surface area contributed by atoms with E-state index in [4.69, 9.17) is 17.2 Å². The molecule has 0 radical (unpaired) electrons. The largest absolute Gasteiger partial charge is 0.378 e. The molecular weight excluding hydrogens is 450 g/mol. The second kappa shape index (κ2) is 9.19. The fourth-order valence-corrected chi connectivity index (χ4v) is 5.38. The summed E-state index contributed by atoms with van der Waals surface area (Å²) < 4.78 is 2.33. The molecule has 35 heavy (non-hydrogen) atoms. The van der Waals surface area contributed by atoms with Crippen molar-refractivity contribution < 1.29 is 0 Å². The molecular formula is C29H31N5S. The lowest BCUT2D eigenvalue weighted by Crippen LogP contribution is -2.29. The van der Waals surface area contributed by atoms with Crippen LogP contribution in [0.5, 0.6) is 0 Å². The van der Waals surface area contributed by atoms with Gasteiger partial charge in [0, 0.05) is 48.7 Å². The molecule has 0 saturated carbocycles. The van der Waals surface area contributed by atoms with Gasteiger partial charge in [-0.25, -0.2) is 0 Å². The van der Waals surface area contributed by atoms with Crippen LogP contribution >= 0.6 is 12.2 Å². The van der Waals surface area contributed by atoms with Crippen molar-refractivity contribution in [1.29, 1.82) is 0 Å². The number of aryl methyl sites for hydroxylation is 2. The molecule has 0 aliphatic carbocycles. The van der Waals surface area contributed by atoms with Gasteiger partial charge in [0.15, 0.2) is 5.11 Å². The third-order valence-electron chi connectivity index (χ3n) is 6.82. The smallest absolute Gasteiger partial charge is 0.174 e. The van der Waals surface area contributed by atoms with E-state index >= 15 is 0 Å². The molecule has 0 bridgehead atoms. The zero-order valence-electron chi connectivity index (χ0n) is 20.9. The molecule has 2 aromatic heterocycles. The van der Waals surface area contributed by atoms with E-state index in [-0.39, 0.29) is 12.1 Å². The number of nitrogens with zero attached hydrogens (tertiary/aromatic N) is 4. The summed E-state index contributed by atoms with van der Waals surface area (Å²) in [4.78, 5) is 9.05. The van der Waals surface area contributed by atoms with Crippen molar-refractivity contribution in [3.63, 3.8) is 0 Å². The third-order valence-corrected chi connectivity index (χ3v) is 7.14. The molecule has 5 nitrogen and oxygen atoms in total. The number of benzene rings is 2. The summed E-state index contributed by atoms with van der Waals surface area (Å²) in [6.07, 6.45) is 1.85. The van der Waals surface area contributed by atoms with Crippen LogP contribution in [0.3, 0.4) is 0 Å². The maximum Gasteiger partial charge on any atom is 0.174 e. The van der Waals surface area contributed by atoms with Gasteiger partial charge < -0.3 is 19.7 Å². The van der Waals surface area contributed by atoms with Crippen LogP contribution in [0.25, 0.3) is 5.69 Å². The second-order valence-electron chi connectivity index (χ2n) is 9.40. The van der Waals surface area contributed by atoms with Gasteiger partial charge in [0.05, 0.1) is 17.8 Å². The van der Waals surface area contributed by atoms with Gasteiger partial charge in [0.2, 0.25) is 0 Å². The number of rotatable bonds is 5. The Morgan fingerprint density at radius 3 is 2.20 bits per heavy atom. The maximum absolute atomic E-state index is 5.92. The summed E-state index contributed by atoms with van der Waals surface area (Å²) in [6, 6.07) is 25.5. The molecule has 0 spiro atoms. The lowest BCUT2D eigenvalue weighted by molar-refractivity contribution is 0.565. The zero-order chi connectivity index (χ0) is 24.7. The minimum Gasteiger partial charge on any atom is -0.378 e. The normalized spacial score (nSPS) is 17.5. The number of aromatic nitrogens is 2. The molecule has 0 amide bonds. The van der Waals surface area contributed by atoms with Crippen LogP contribution in [0.1, 0.15) is 40.3 Å². The molecule has 2 atom stereocenters. The van der Waals surface area contributed by atoms with Gasteiger partial charge in [0.25, 0.3) is 0 Å². The van der Waals surface area contributed by atoms with Crippen molar-refractivity contribution in [2.75, 3.05) is 23.9 Å². The fourth-order valence-electron chi connectivity index (χ4n) is 5.04. The molecule has 3 heterocycles. The minimum atomic E-state index is -0.0656. The molecule has 1 fully saturated rings. The molecule has 5 rings (SSSR count). The van der Waals surface area contributed by atoms with Gasteiger partial charge in [-0.2, -0.15) is 0 Å². The van der Waals surface area contributed by atoms with Crippen molar-refractivity contribution in [3.05, 3.63) is 107 Å². The van der Waals surface area contributed by atoms with E-state index in [1.54, 1.807) is 0 Å². The number of nitrogens with one attached hydrogen (secondary N) is 1. The molecule has 178 valence electrons. The van der Waals surface area contributed by atoms with Crippen LogP contribution < -0.4 is 15.1 Å². The number of hydrogen-bond donors (Lipinski definition) is 1. The first-order valence-corrected chi connectivity index (χ1v) is 12.3. The summed E-state index contributed by atoms with van der Waals surface area (Å²) >= 11 is 5.92. The van der Waals surface area contributed by atoms with Crippen molar-refractivity contribution in [2.24, 2.45) is 0 Å². The van der Waals surface area contributed by atoms with Crippen LogP contribution in [-0.2, 0) is 0 Å². The van der Waals surface area contributed by atoms with Gasteiger partial charge in [0.1, 0.15) is 0 Å². The van der Waals surface area contributed by atoms with Gasteiger partial charge in [-0.05, 0) is 93.1 Å². The lowest BCUT2D eigenvalue weighted by Gasteiger charge is -2.28. The summed E-state index contributed by atoms with van der Waals surface area (Å²) in [5.41, 5.74) is 9.26. The van der Waals surface area contributed by atoms with Gasteiger partial charge in [-0.3, -0.25) is 4.98 Å². The summed E-state index contributed by atoms with van der Waals surface area (Å²) in [6.45, 7) is 6.49. The van der Waals surface area contributed by atoms with Crippen molar-refractivity contribution in [2.45, 2.75) is 32.9 Å². The molecule has 1 N–H and O–H groups in total. The fraction of sp³-hybridized carbons (Fsp3) is 0.241. The first kappa shape index (κ1) is 23.1. The first-order chi connectivity index (χ1) is 16.8. The third kappa shape index (κ3) is 4.19. The average Bonchev–Trinajstić information content (AvgIpc) is 3.35. The Morgan fingerprint density at radius 1 is 0.886 bits per heavy atom. The van der Waals surface area contributed by atoms with E-state index in [1.807, 2.05) is 18.3 Å². The molecule has 6 heteroatoms. The molecule has 1 saturated heterocycles. The molecule has 4 aromatic rings. The molecule has 1 aliphatic rings. The van der Waals surface area contributed by atoms with Crippen molar-refractivity contribution in [1.82, 2.24) is 14.9 Å². The SMILES string of the molecule is Cc1ccc(-n2c(C)cc([C@@H]3[C@@H](c4ccccn4)NC(=S)N3c3ccc(N(C)C)cc3)c2C)cc1. The first-order valence-electron chi connectivity index (χ1n) is 11.9. The number of anilines is 2. The van der Waals surface area contributed by atoms with E-state index in [2.05, 4.69) is 115 Å². The Morgan fingerprint density at radius 2 is 1.57 bits per heavy atom. The highest BCUT2D eigenvalue weighted by Gasteiger charge is 2.42. The van der Waals surface area contributed by atoms with Crippen LogP contribution in [-0.4, -0.2) is 28.8 Å². The second-order valence-corrected chi connectivity index (χ2v) is 9.79. The van der Waals surface area contributed by atoms with Crippen molar-refractivity contribution in [3.8, 4) is 5.69 Å². The summed E-state index contributed by atoms with van der Waals surface area (Å²) in [5.74, 6) is 0. The monoisotopic (exact) mass is 481 g/mol.